The molecule has 0 aliphatic rings. The van der Waals surface area contributed by atoms with Crippen molar-refractivity contribution in [1.29, 1.82) is 0 Å². The molecule has 6 heteroatoms. The monoisotopic (exact) mass is 362 g/mol. The average Bonchev–Trinajstić information content (AvgIpc) is 2.60. The zero-order chi connectivity index (χ0) is 18.2. The number of nitrogens with zero attached hydrogens (tertiary/aromatic N) is 1. The molecule has 0 radical (unpaired) electrons. The van der Waals surface area contributed by atoms with Crippen LogP contribution >= 0.6 is 11.6 Å². The first-order chi connectivity index (χ1) is 12.0. The molecule has 0 heterocycles. The number of carbonyl (C=O) groups is 1. The van der Waals surface area contributed by atoms with Crippen LogP contribution in [-0.4, -0.2) is 38.8 Å². The molecule has 0 saturated heterocycles. The number of ether oxygens (including phenoxy) is 2. The van der Waals surface area contributed by atoms with Crippen LogP contribution in [0, 0.1) is 0 Å². The van der Waals surface area contributed by atoms with Gasteiger partial charge in [-0.15, -0.1) is 0 Å². The van der Waals surface area contributed by atoms with Crippen LogP contribution in [0.1, 0.15) is 18.0 Å². The van der Waals surface area contributed by atoms with E-state index in [2.05, 4.69) is 10.2 Å². The number of amides is 1. The molecule has 134 valence electrons. The third kappa shape index (κ3) is 5.96. The van der Waals surface area contributed by atoms with Gasteiger partial charge in [0.05, 0.1) is 13.7 Å². The van der Waals surface area contributed by atoms with Gasteiger partial charge in [-0.3, -0.25) is 5.32 Å². The maximum atomic E-state index is 11.9. The number of hydrogen-bond acceptors (Lipinski definition) is 4. The molecule has 2 aromatic rings. The van der Waals surface area contributed by atoms with Crippen molar-refractivity contribution in [2.45, 2.75) is 12.5 Å². The fraction of sp³-hybridized carbons (Fsp3) is 0.316. The van der Waals surface area contributed by atoms with Crippen LogP contribution in [0.5, 0.6) is 5.75 Å². The molecule has 1 amide bonds. The second-order valence-corrected chi connectivity index (χ2v) is 6.25. The molecule has 0 aliphatic carbocycles. The fourth-order valence-corrected chi connectivity index (χ4v) is 2.63. The van der Waals surface area contributed by atoms with Gasteiger partial charge in [0.15, 0.2) is 0 Å². The first-order valence-corrected chi connectivity index (χ1v) is 8.37. The summed E-state index contributed by atoms with van der Waals surface area (Å²) in [6.45, 7) is 0.313. The lowest BCUT2D eigenvalue weighted by molar-refractivity contribution is 0.145. The minimum atomic E-state index is -0.473. The van der Waals surface area contributed by atoms with Crippen LogP contribution in [0.3, 0.4) is 0 Å². The Labute approximate surface area is 153 Å². The smallest absolute Gasteiger partial charge is 0.411 e. The van der Waals surface area contributed by atoms with E-state index in [1.807, 2.05) is 38.4 Å². The van der Waals surface area contributed by atoms with E-state index in [-0.39, 0.29) is 6.04 Å². The molecule has 1 unspecified atom stereocenters. The first-order valence-electron chi connectivity index (χ1n) is 7.99. The van der Waals surface area contributed by atoms with Crippen LogP contribution in [-0.2, 0) is 4.74 Å². The van der Waals surface area contributed by atoms with Gasteiger partial charge < -0.3 is 14.4 Å². The number of methoxy groups -OCH3 is 1. The Balaban J connectivity index is 1.84. The summed E-state index contributed by atoms with van der Waals surface area (Å²) in [6, 6.07) is 14.9. The Morgan fingerprint density at radius 1 is 1.12 bits per heavy atom. The average molecular weight is 363 g/mol. The van der Waals surface area contributed by atoms with Gasteiger partial charge in [0.2, 0.25) is 0 Å². The van der Waals surface area contributed by atoms with Gasteiger partial charge in [-0.25, -0.2) is 4.79 Å². The SMILES string of the molecule is COc1ccc(NC(=O)OCCC(c2ccc(Cl)cc2)N(C)C)cc1. The molecule has 0 aromatic heterocycles. The Morgan fingerprint density at radius 2 is 1.76 bits per heavy atom. The fourth-order valence-electron chi connectivity index (χ4n) is 2.50. The quantitative estimate of drug-likeness (QED) is 0.782. The van der Waals surface area contributed by atoms with Crippen molar-refractivity contribution in [3.8, 4) is 5.75 Å². The van der Waals surface area contributed by atoms with Crippen LogP contribution < -0.4 is 10.1 Å². The van der Waals surface area contributed by atoms with E-state index in [1.165, 1.54) is 0 Å². The van der Waals surface area contributed by atoms with Crippen LogP contribution in [0.25, 0.3) is 0 Å². The number of carbonyl (C=O) groups excluding carboxylic acids is 1. The van der Waals surface area contributed by atoms with E-state index >= 15 is 0 Å². The molecule has 2 aromatic carbocycles. The molecular weight excluding hydrogens is 340 g/mol. The lowest BCUT2D eigenvalue weighted by Crippen LogP contribution is -2.23. The molecule has 0 fully saturated rings. The highest BCUT2D eigenvalue weighted by Gasteiger charge is 2.15. The van der Waals surface area contributed by atoms with Gasteiger partial charge in [-0.1, -0.05) is 23.7 Å². The van der Waals surface area contributed by atoms with Crippen molar-refractivity contribution in [2.24, 2.45) is 0 Å². The summed E-state index contributed by atoms with van der Waals surface area (Å²) in [6.07, 6.45) is 0.212. The predicted octanol–water partition coefficient (Wildman–Crippen LogP) is 4.59. The molecular formula is C19H23ClN2O3. The van der Waals surface area contributed by atoms with Crippen molar-refractivity contribution < 1.29 is 14.3 Å². The van der Waals surface area contributed by atoms with Gasteiger partial charge in [-0.2, -0.15) is 0 Å². The van der Waals surface area contributed by atoms with E-state index in [4.69, 9.17) is 21.1 Å². The van der Waals surface area contributed by atoms with E-state index in [1.54, 1.807) is 31.4 Å². The largest absolute Gasteiger partial charge is 0.497 e. The standard InChI is InChI=1S/C19H23ClN2O3/c1-22(2)18(14-4-6-15(20)7-5-14)12-13-25-19(23)21-16-8-10-17(24-3)11-9-16/h4-11,18H,12-13H2,1-3H3,(H,21,23). The highest BCUT2D eigenvalue weighted by molar-refractivity contribution is 6.30. The second kappa shape index (κ2) is 9.30. The van der Waals surface area contributed by atoms with E-state index in [0.29, 0.717) is 23.7 Å². The van der Waals surface area contributed by atoms with Gasteiger partial charge in [0.1, 0.15) is 5.75 Å². The molecule has 1 N–H and O–H groups in total. The van der Waals surface area contributed by atoms with Crippen molar-refractivity contribution >= 4 is 23.4 Å². The summed E-state index contributed by atoms with van der Waals surface area (Å²) in [5.74, 6) is 0.732. The van der Waals surface area contributed by atoms with E-state index in [9.17, 15) is 4.79 Å². The summed E-state index contributed by atoms with van der Waals surface area (Å²) in [4.78, 5) is 14.0. The molecule has 2 rings (SSSR count). The number of benzene rings is 2. The Hall–Kier alpha value is -2.24. The minimum absolute atomic E-state index is 0.144. The molecule has 5 nitrogen and oxygen atoms in total. The Morgan fingerprint density at radius 3 is 2.32 bits per heavy atom. The first kappa shape index (κ1) is 19.1. The normalized spacial score (nSPS) is 11.9. The number of halogens is 1. The van der Waals surface area contributed by atoms with Gasteiger partial charge in [-0.05, 0) is 56.1 Å². The summed E-state index contributed by atoms with van der Waals surface area (Å²) >= 11 is 5.94. The Bertz CT molecular complexity index is 672. The summed E-state index contributed by atoms with van der Waals surface area (Å²) in [5.41, 5.74) is 1.79. The molecule has 0 bridgehead atoms. The highest BCUT2D eigenvalue weighted by Crippen LogP contribution is 2.23. The zero-order valence-electron chi connectivity index (χ0n) is 14.7. The van der Waals surface area contributed by atoms with Crippen LogP contribution in [0.15, 0.2) is 48.5 Å². The molecule has 25 heavy (non-hydrogen) atoms. The maximum absolute atomic E-state index is 11.9. The third-order valence-electron chi connectivity index (χ3n) is 3.84. The highest BCUT2D eigenvalue weighted by atomic mass is 35.5. The van der Waals surface area contributed by atoms with Crippen molar-refractivity contribution in [3.63, 3.8) is 0 Å². The number of nitrogens with one attached hydrogen (secondary N) is 1. The predicted molar refractivity (Wildman–Crippen MR) is 100 cm³/mol. The topological polar surface area (TPSA) is 50.8 Å². The molecule has 1 atom stereocenters. The van der Waals surface area contributed by atoms with Gasteiger partial charge in [0, 0.05) is 23.2 Å². The van der Waals surface area contributed by atoms with Crippen LogP contribution in [0.4, 0.5) is 10.5 Å². The van der Waals surface area contributed by atoms with Crippen molar-refractivity contribution in [2.75, 3.05) is 33.1 Å². The molecule has 0 spiro atoms. The van der Waals surface area contributed by atoms with Gasteiger partial charge >= 0.3 is 6.09 Å². The minimum Gasteiger partial charge on any atom is -0.497 e. The van der Waals surface area contributed by atoms with Crippen molar-refractivity contribution in [1.82, 2.24) is 4.90 Å². The summed E-state index contributed by atoms with van der Waals surface area (Å²) < 4.78 is 10.4. The lowest BCUT2D eigenvalue weighted by Gasteiger charge is -2.24. The molecule has 0 saturated carbocycles. The second-order valence-electron chi connectivity index (χ2n) is 5.81. The van der Waals surface area contributed by atoms with Crippen molar-refractivity contribution in [3.05, 3.63) is 59.1 Å². The van der Waals surface area contributed by atoms with E-state index in [0.717, 1.165) is 11.3 Å². The zero-order valence-corrected chi connectivity index (χ0v) is 15.4. The number of rotatable bonds is 7. The van der Waals surface area contributed by atoms with Gasteiger partial charge in [0.25, 0.3) is 0 Å². The molecule has 0 aliphatic heterocycles. The summed E-state index contributed by atoms with van der Waals surface area (Å²) in [7, 11) is 5.59. The number of anilines is 1. The maximum Gasteiger partial charge on any atom is 0.411 e. The van der Waals surface area contributed by atoms with E-state index < -0.39 is 6.09 Å². The number of hydrogen-bond donors (Lipinski definition) is 1. The Kier molecular flexibility index (Phi) is 7.10. The third-order valence-corrected chi connectivity index (χ3v) is 4.09. The van der Waals surface area contributed by atoms with Crippen LogP contribution in [0.2, 0.25) is 5.02 Å². The lowest BCUT2D eigenvalue weighted by atomic mass is 10.0. The summed E-state index contributed by atoms with van der Waals surface area (Å²) in [5, 5.41) is 3.40.